The van der Waals surface area contributed by atoms with E-state index in [4.69, 9.17) is 21.1 Å². The van der Waals surface area contributed by atoms with E-state index >= 15 is 0 Å². The monoisotopic (exact) mass is 359 g/mol. The fraction of sp³-hybridized carbons (Fsp3) is 0.263. The van der Waals surface area contributed by atoms with Gasteiger partial charge in [0.2, 0.25) is 5.91 Å². The molecule has 25 heavy (non-hydrogen) atoms. The minimum Gasteiger partial charge on any atom is -0.496 e. The molecular weight excluding hydrogens is 342 g/mol. The molecule has 130 valence electrons. The van der Waals surface area contributed by atoms with Gasteiger partial charge in [0.05, 0.1) is 12.7 Å². The van der Waals surface area contributed by atoms with Gasteiger partial charge in [0.15, 0.2) is 0 Å². The first-order valence-electron chi connectivity index (χ1n) is 7.98. The summed E-state index contributed by atoms with van der Waals surface area (Å²) in [5.74, 6) is 0.221. The molecule has 2 aromatic rings. The van der Waals surface area contributed by atoms with Crippen molar-refractivity contribution in [1.29, 1.82) is 0 Å². The van der Waals surface area contributed by atoms with E-state index in [9.17, 15) is 9.59 Å². The van der Waals surface area contributed by atoms with Crippen molar-refractivity contribution in [3.63, 3.8) is 0 Å². The zero-order chi connectivity index (χ0) is 17.8. The van der Waals surface area contributed by atoms with Crippen molar-refractivity contribution >= 4 is 29.2 Å². The Morgan fingerprint density at radius 1 is 1.24 bits per heavy atom. The number of amides is 1. The van der Waals surface area contributed by atoms with Crippen LogP contribution in [-0.4, -0.2) is 25.5 Å². The van der Waals surface area contributed by atoms with Gasteiger partial charge in [0.25, 0.3) is 0 Å². The molecule has 3 rings (SSSR count). The van der Waals surface area contributed by atoms with Crippen LogP contribution in [-0.2, 0) is 16.1 Å². The van der Waals surface area contributed by atoms with Gasteiger partial charge in [-0.2, -0.15) is 0 Å². The summed E-state index contributed by atoms with van der Waals surface area (Å²) in [7, 11) is 1.55. The highest BCUT2D eigenvalue weighted by Gasteiger charge is 2.22. The highest BCUT2D eigenvalue weighted by Crippen LogP contribution is 2.25. The highest BCUT2D eigenvalue weighted by molar-refractivity contribution is 6.30. The molecular formula is C19H18ClNO4. The summed E-state index contributed by atoms with van der Waals surface area (Å²) in [5.41, 5.74) is 1.81. The first kappa shape index (κ1) is 17.3. The maximum atomic E-state index is 12.4. The Morgan fingerprint density at radius 2 is 2.08 bits per heavy atom. The molecule has 0 atom stereocenters. The Hall–Kier alpha value is -2.53. The van der Waals surface area contributed by atoms with E-state index in [-0.39, 0.29) is 12.5 Å². The van der Waals surface area contributed by atoms with Crippen molar-refractivity contribution in [1.82, 2.24) is 0 Å². The summed E-state index contributed by atoms with van der Waals surface area (Å²) in [5, 5.41) is 0.543. The summed E-state index contributed by atoms with van der Waals surface area (Å²) < 4.78 is 10.6. The minimum absolute atomic E-state index is 0.0510. The van der Waals surface area contributed by atoms with Gasteiger partial charge in [-0.1, -0.05) is 17.7 Å². The van der Waals surface area contributed by atoms with Crippen molar-refractivity contribution in [2.45, 2.75) is 19.4 Å². The van der Waals surface area contributed by atoms with Gasteiger partial charge >= 0.3 is 5.97 Å². The zero-order valence-electron chi connectivity index (χ0n) is 13.8. The van der Waals surface area contributed by atoms with Crippen LogP contribution in [0.1, 0.15) is 28.8 Å². The smallest absolute Gasteiger partial charge is 0.338 e. The molecule has 6 heteroatoms. The van der Waals surface area contributed by atoms with Crippen molar-refractivity contribution in [3.8, 4) is 5.75 Å². The molecule has 1 amide bonds. The Bertz CT molecular complexity index is 806. The van der Waals surface area contributed by atoms with E-state index < -0.39 is 5.97 Å². The van der Waals surface area contributed by atoms with Gasteiger partial charge in [0.1, 0.15) is 12.4 Å². The van der Waals surface area contributed by atoms with E-state index in [0.717, 1.165) is 12.1 Å². The molecule has 0 spiro atoms. The second kappa shape index (κ2) is 7.57. The first-order valence-corrected chi connectivity index (χ1v) is 8.36. The maximum absolute atomic E-state index is 12.4. The molecule has 1 fully saturated rings. The van der Waals surface area contributed by atoms with Crippen LogP contribution < -0.4 is 9.64 Å². The van der Waals surface area contributed by atoms with Crippen LogP contribution in [0, 0.1) is 0 Å². The number of rotatable bonds is 5. The number of nitrogens with zero attached hydrogens (tertiary/aromatic N) is 1. The molecule has 5 nitrogen and oxygen atoms in total. The number of hydrogen-bond donors (Lipinski definition) is 0. The molecule has 0 aliphatic carbocycles. The molecule has 0 saturated carbocycles. The lowest BCUT2D eigenvalue weighted by atomic mass is 10.2. The van der Waals surface area contributed by atoms with Gasteiger partial charge in [-0.3, -0.25) is 4.79 Å². The summed E-state index contributed by atoms with van der Waals surface area (Å²) in [6.07, 6.45) is 1.38. The summed E-state index contributed by atoms with van der Waals surface area (Å²) in [4.78, 5) is 25.9. The van der Waals surface area contributed by atoms with Crippen LogP contribution in [0.25, 0.3) is 0 Å². The lowest BCUT2D eigenvalue weighted by Gasteiger charge is -2.16. The van der Waals surface area contributed by atoms with Crippen LogP contribution >= 0.6 is 11.6 Å². The molecule has 1 heterocycles. The topological polar surface area (TPSA) is 55.8 Å². The van der Waals surface area contributed by atoms with Crippen LogP contribution in [0.5, 0.6) is 5.75 Å². The largest absolute Gasteiger partial charge is 0.496 e. The highest BCUT2D eigenvalue weighted by atomic mass is 35.5. The quantitative estimate of drug-likeness (QED) is 0.761. The van der Waals surface area contributed by atoms with Gasteiger partial charge in [-0.05, 0) is 42.8 Å². The molecule has 0 unspecified atom stereocenters. The van der Waals surface area contributed by atoms with Gasteiger partial charge in [0, 0.05) is 29.2 Å². The molecule has 0 aromatic heterocycles. The number of esters is 1. The average Bonchev–Trinajstić information content (AvgIpc) is 3.06. The fourth-order valence-electron chi connectivity index (χ4n) is 2.81. The third-order valence-corrected chi connectivity index (χ3v) is 4.30. The molecule has 1 aliphatic rings. The summed E-state index contributed by atoms with van der Waals surface area (Å²) >= 11 is 5.98. The number of carbonyl (C=O) groups excluding carboxylic acids is 2. The van der Waals surface area contributed by atoms with Gasteiger partial charge in [-0.25, -0.2) is 4.79 Å². The Morgan fingerprint density at radius 3 is 2.80 bits per heavy atom. The van der Waals surface area contributed by atoms with Gasteiger partial charge < -0.3 is 14.4 Å². The van der Waals surface area contributed by atoms with Crippen LogP contribution in [0.3, 0.4) is 0 Å². The number of halogens is 1. The number of benzene rings is 2. The predicted molar refractivity (Wildman–Crippen MR) is 95.2 cm³/mol. The number of carbonyl (C=O) groups is 2. The molecule has 2 aromatic carbocycles. The average molecular weight is 360 g/mol. The molecule has 1 saturated heterocycles. The molecule has 1 aliphatic heterocycles. The van der Waals surface area contributed by atoms with E-state index in [1.54, 1.807) is 48.4 Å². The van der Waals surface area contributed by atoms with Crippen molar-refractivity contribution < 1.29 is 19.1 Å². The Balaban J connectivity index is 1.72. The van der Waals surface area contributed by atoms with E-state index in [2.05, 4.69) is 0 Å². The fourth-order valence-corrected chi connectivity index (χ4v) is 3.00. The first-order chi connectivity index (χ1) is 12.1. The lowest BCUT2D eigenvalue weighted by Crippen LogP contribution is -2.23. The number of ether oxygens (including phenoxy) is 2. The Labute approximate surface area is 151 Å². The molecule has 0 radical (unpaired) electrons. The second-order valence-corrected chi connectivity index (χ2v) is 6.17. The van der Waals surface area contributed by atoms with Crippen LogP contribution in [0.2, 0.25) is 5.02 Å². The Kier molecular flexibility index (Phi) is 5.24. The van der Waals surface area contributed by atoms with E-state index in [1.807, 2.05) is 6.07 Å². The number of anilines is 1. The zero-order valence-corrected chi connectivity index (χ0v) is 14.6. The van der Waals surface area contributed by atoms with Gasteiger partial charge in [-0.15, -0.1) is 0 Å². The number of methoxy groups -OCH3 is 1. The van der Waals surface area contributed by atoms with Crippen molar-refractivity contribution in [2.24, 2.45) is 0 Å². The van der Waals surface area contributed by atoms with Crippen molar-refractivity contribution in [2.75, 3.05) is 18.6 Å². The third kappa shape index (κ3) is 3.94. The standard InChI is InChI=1S/C19H18ClNO4/c1-24-17-8-7-15(20)10-14(17)12-25-19(23)13-4-2-5-16(11-13)21-9-3-6-18(21)22/h2,4-5,7-8,10-11H,3,6,9,12H2,1H3. The summed E-state index contributed by atoms with van der Waals surface area (Å²) in [6, 6.07) is 12.1. The van der Waals surface area contributed by atoms with E-state index in [0.29, 0.717) is 34.9 Å². The van der Waals surface area contributed by atoms with Crippen LogP contribution in [0.15, 0.2) is 42.5 Å². The third-order valence-electron chi connectivity index (χ3n) is 4.07. The SMILES string of the molecule is COc1ccc(Cl)cc1COC(=O)c1cccc(N2CCCC2=O)c1. The maximum Gasteiger partial charge on any atom is 0.338 e. The van der Waals surface area contributed by atoms with Crippen LogP contribution in [0.4, 0.5) is 5.69 Å². The van der Waals surface area contributed by atoms with Crippen molar-refractivity contribution in [3.05, 3.63) is 58.6 Å². The minimum atomic E-state index is -0.462. The summed E-state index contributed by atoms with van der Waals surface area (Å²) in [6.45, 7) is 0.729. The lowest BCUT2D eigenvalue weighted by molar-refractivity contribution is -0.117. The second-order valence-electron chi connectivity index (χ2n) is 5.73. The number of hydrogen-bond acceptors (Lipinski definition) is 4. The predicted octanol–water partition coefficient (Wildman–Crippen LogP) is 3.83. The molecule has 0 bridgehead atoms. The normalized spacial score (nSPS) is 13.8. The molecule has 0 N–H and O–H groups in total. The van der Waals surface area contributed by atoms with E-state index in [1.165, 1.54) is 0 Å².